The molecule has 2 aromatic rings. The maximum atomic E-state index is 11.8. The largest absolute Gasteiger partial charge is 0.450 e. The fourth-order valence-electron chi connectivity index (χ4n) is 4.45. The smallest absolute Gasteiger partial charge is 0.409 e. The highest BCUT2D eigenvalue weighted by molar-refractivity contribution is 5.87. The molecule has 3 N–H and O–H groups in total. The highest BCUT2D eigenvalue weighted by Gasteiger charge is 2.38. The lowest BCUT2D eigenvalue weighted by molar-refractivity contribution is -0.0235. The number of nitrogens with one attached hydrogen (secondary N) is 1. The number of β-amino-alcohol motifs (C(OH)–C–C–N with tert-alkyl or cyclic N) is 1. The number of hydrogen-bond acceptors (Lipinski definition) is 8. The monoisotopic (exact) mass is 429 g/mol. The van der Waals surface area contributed by atoms with Gasteiger partial charge in [-0.25, -0.2) is 4.79 Å². The van der Waals surface area contributed by atoms with E-state index in [1.54, 1.807) is 24.2 Å². The third kappa shape index (κ3) is 4.89. The topological polar surface area (TPSA) is 111 Å². The van der Waals surface area contributed by atoms with Crippen LogP contribution >= 0.6 is 0 Å². The molecule has 4 rings (SSSR count). The molecule has 2 aromatic heterocycles. The van der Waals surface area contributed by atoms with Gasteiger partial charge in [-0.05, 0) is 44.4 Å². The Bertz CT molecular complexity index is 912. The molecule has 0 bridgehead atoms. The molecule has 1 atom stereocenters. The average Bonchev–Trinajstić information content (AvgIpc) is 3.15. The minimum absolute atomic E-state index is 0.323. The summed E-state index contributed by atoms with van der Waals surface area (Å²) in [6.45, 7) is 5.06. The molecule has 4 heterocycles. The first kappa shape index (κ1) is 21.7. The molecule has 9 heteroatoms. The fraction of sp³-hybridized carbons (Fsp3) is 0.591. The van der Waals surface area contributed by atoms with E-state index >= 15 is 0 Å². The molecule has 0 radical (unpaired) electrons. The van der Waals surface area contributed by atoms with Crippen molar-refractivity contribution in [3.8, 4) is 0 Å². The lowest BCUT2D eigenvalue weighted by Gasteiger charge is -2.38. The van der Waals surface area contributed by atoms with E-state index in [0.29, 0.717) is 58.6 Å². The van der Waals surface area contributed by atoms with Crippen molar-refractivity contribution >= 4 is 22.8 Å². The van der Waals surface area contributed by atoms with Crippen LogP contribution in [0.4, 0.5) is 10.5 Å². The van der Waals surface area contributed by atoms with Crippen molar-refractivity contribution in [1.29, 1.82) is 0 Å². The quantitative estimate of drug-likeness (QED) is 0.627. The van der Waals surface area contributed by atoms with Crippen LogP contribution in [0.1, 0.15) is 26.2 Å². The van der Waals surface area contributed by atoms with Gasteiger partial charge in [0.15, 0.2) is 0 Å². The number of amides is 1. The van der Waals surface area contributed by atoms with Gasteiger partial charge in [0.25, 0.3) is 0 Å². The number of carbonyl (C=O) groups is 1. The summed E-state index contributed by atoms with van der Waals surface area (Å²) in [5, 5.41) is 25.2. The molecule has 0 unspecified atom stereocenters. The number of ether oxygens (including phenoxy) is 1. The number of pyridine rings is 2. The van der Waals surface area contributed by atoms with Crippen LogP contribution in [-0.2, 0) is 4.74 Å². The maximum absolute atomic E-state index is 11.8. The number of likely N-dealkylation sites (tertiary alicyclic amines) is 1. The van der Waals surface area contributed by atoms with Crippen molar-refractivity contribution in [3.05, 3.63) is 30.6 Å². The van der Waals surface area contributed by atoms with E-state index in [1.165, 1.54) is 0 Å². The minimum atomic E-state index is -0.886. The van der Waals surface area contributed by atoms with Gasteiger partial charge in [-0.1, -0.05) is 0 Å². The predicted molar refractivity (Wildman–Crippen MR) is 117 cm³/mol. The molecule has 2 aliphatic rings. The summed E-state index contributed by atoms with van der Waals surface area (Å²) >= 11 is 0. The molecular weight excluding hydrogens is 398 g/mol. The second-order valence-electron chi connectivity index (χ2n) is 8.61. The van der Waals surface area contributed by atoms with E-state index in [4.69, 9.17) is 4.74 Å². The molecule has 0 spiro atoms. The molecule has 31 heavy (non-hydrogen) atoms. The molecule has 1 amide bonds. The predicted octanol–water partition coefficient (Wildman–Crippen LogP) is 1.14. The number of aliphatic hydroxyl groups is 2. The van der Waals surface area contributed by atoms with Gasteiger partial charge in [0, 0.05) is 51.7 Å². The van der Waals surface area contributed by atoms with E-state index < -0.39 is 11.2 Å². The van der Waals surface area contributed by atoms with Gasteiger partial charge in [-0.3, -0.25) is 9.97 Å². The second-order valence-corrected chi connectivity index (χ2v) is 8.61. The van der Waals surface area contributed by atoms with Crippen LogP contribution in [0.2, 0.25) is 0 Å². The maximum Gasteiger partial charge on any atom is 0.409 e. The van der Waals surface area contributed by atoms with Crippen molar-refractivity contribution in [2.24, 2.45) is 0 Å². The lowest BCUT2D eigenvalue weighted by Crippen LogP contribution is -2.53. The zero-order chi connectivity index (χ0) is 21.9. The average molecular weight is 430 g/mol. The van der Waals surface area contributed by atoms with Gasteiger partial charge in [0.1, 0.15) is 5.52 Å². The van der Waals surface area contributed by atoms with Gasteiger partial charge >= 0.3 is 6.09 Å². The summed E-state index contributed by atoms with van der Waals surface area (Å²) in [7, 11) is 0. The number of carbonyl (C=O) groups excluding carboxylic acids is 1. The van der Waals surface area contributed by atoms with Crippen LogP contribution in [0.5, 0.6) is 0 Å². The van der Waals surface area contributed by atoms with Crippen molar-refractivity contribution in [3.63, 3.8) is 0 Å². The Labute approximate surface area is 182 Å². The number of anilines is 1. The number of hydrogen-bond donors (Lipinski definition) is 3. The number of piperidine rings is 1. The fourth-order valence-corrected chi connectivity index (χ4v) is 4.45. The number of aromatic nitrogens is 2. The van der Waals surface area contributed by atoms with Crippen LogP contribution < -0.4 is 10.2 Å². The Kier molecular flexibility index (Phi) is 6.27. The molecule has 168 valence electrons. The molecule has 0 aliphatic carbocycles. The Balaban J connectivity index is 1.29. The Morgan fingerprint density at radius 3 is 2.61 bits per heavy atom. The second kappa shape index (κ2) is 8.94. The van der Waals surface area contributed by atoms with Crippen LogP contribution in [-0.4, -0.2) is 88.3 Å². The van der Waals surface area contributed by atoms with Gasteiger partial charge in [-0.15, -0.1) is 0 Å². The molecule has 9 nitrogen and oxygen atoms in total. The first-order valence-electron chi connectivity index (χ1n) is 10.9. The summed E-state index contributed by atoms with van der Waals surface area (Å²) in [6, 6.07) is 5.74. The number of rotatable bonds is 6. The molecular formula is C22H31N5O4. The molecule has 2 saturated heterocycles. The third-order valence-corrected chi connectivity index (χ3v) is 6.28. The summed E-state index contributed by atoms with van der Waals surface area (Å²) < 4.78 is 5.03. The highest BCUT2D eigenvalue weighted by Crippen LogP contribution is 2.30. The van der Waals surface area contributed by atoms with Crippen molar-refractivity contribution in [2.45, 2.75) is 37.4 Å². The van der Waals surface area contributed by atoms with Crippen molar-refractivity contribution in [1.82, 2.24) is 20.2 Å². The summed E-state index contributed by atoms with van der Waals surface area (Å²) in [5.74, 6) is 0. The zero-order valence-corrected chi connectivity index (χ0v) is 18.0. The van der Waals surface area contributed by atoms with Gasteiger partial charge in [0.2, 0.25) is 0 Å². The van der Waals surface area contributed by atoms with Gasteiger partial charge in [0.05, 0.1) is 29.0 Å². The van der Waals surface area contributed by atoms with Gasteiger partial charge in [-0.2, -0.15) is 0 Å². The first-order chi connectivity index (χ1) is 14.9. The van der Waals surface area contributed by atoms with Crippen LogP contribution in [0, 0.1) is 0 Å². The first-order valence-corrected chi connectivity index (χ1v) is 10.9. The van der Waals surface area contributed by atoms with Crippen LogP contribution in [0.3, 0.4) is 0 Å². The lowest BCUT2D eigenvalue weighted by atomic mass is 9.91. The van der Waals surface area contributed by atoms with Crippen molar-refractivity contribution in [2.75, 3.05) is 50.8 Å². The summed E-state index contributed by atoms with van der Waals surface area (Å²) in [5.41, 5.74) is 0.885. The van der Waals surface area contributed by atoms with Crippen molar-refractivity contribution < 1.29 is 19.7 Å². The normalized spacial score (nSPS) is 23.3. The molecule has 2 aliphatic heterocycles. The molecule has 0 saturated carbocycles. The van der Waals surface area contributed by atoms with E-state index in [9.17, 15) is 15.0 Å². The van der Waals surface area contributed by atoms with E-state index in [1.807, 2.05) is 18.2 Å². The zero-order valence-electron chi connectivity index (χ0n) is 18.0. The highest BCUT2D eigenvalue weighted by atomic mass is 16.6. The standard InChI is InChI=1S/C22H31N5O4/c1-2-31-20(28)26-11-6-21(29,7-12-26)14-23-15-22(30)8-13-27(16-22)18-5-10-24-17-4-3-9-25-19(17)18/h3-5,9-10,23,29-30H,2,6-8,11-16H2,1H3/t22-/m1/s1. The third-order valence-electron chi connectivity index (χ3n) is 6.28. The SMILES string of the molecule is CCOC(=O)N1CCC(O)(CNC[C@]2(O)CCN(c3ccnc4cccnc34)C2)CC1. The molecule has 0 aromatic carbocycles. The summed E-state index contributed by atoms with van der Waals surface area (Å²) in [6.07, 6.45) is 4.80. The minimum Gasteiger partial charge on any atom is -0.450 e. The Morgan fingerprint density at radius 2 is 1.84 bits per heavy atom. The Morgan fingerprint density at radius 1 is 1.10 bits per heavy atom. The van der Waals surface area contributed by atoms with E-state index in [-0.39, 0.29) is 6.09 Å². The van der Waals surface area contributed by atoms with Crippen LogP contribution in [0.25, 0.3) is 11.0 Å². The van der Waals surface area contributed by atoms with Crippen LogP contribution in [0.15, 0.2) is 30.6 Å². The molecule has 2 fully saturated rings. The van der Waals surface area contributed by atoms with Gasteiger partial charge < -0.3 is 30.1 Å². The van der Waals surface area contributed by atoms with E-state index in [2.05, 4.69) is 20.2 Å². The summed E-state index contributed by atoms with van der Waals surface area (Å²) in [4.78, 5) is 24.4. The Hall–Kier alpha value is -2.49. The number of fused-ring (bicyclic) bond motifs is 1. The van der Waals surface area contributed by atoms with E-state index in [0.717, 1.165) is 23.3 Å². The number of nitrogens with zero attached hydrogens (tertiary/aromatic N) is 4.